The van der Waals surface area contributed by atoms with E-state index in [1.54, 1.807) is 6.08 Å². The van der Waals surface area contributed by atoms with Gasteiger partial charge in [0.2, 0.25) is 0 Å². The summed E-state index contributed by atoms with van der Waals surface area (Å²) in [4.78, 5) is 0. The quantitative estimate of drug-likeness (QED) is 0.499. The highest BCUT2D eigenvalue weighted by atomic mass is 16.9. The third-order valence-electron chi connectivity index (χ3n) is 1.81. The van der Waals surface area contributed by atoms with Gasteiger partial charge in [0.25, 0.3) is 0 Å². The Morgan fingerprint density at radius 2 is 1.70 bits per heavy atom. The van der Waals surface area contributed by atoms with E-state index in [1.807, 2.05) is 0 Å². The normalized spacial score (nSPS) is 45.4. The Hall–Kier alpha value is -0.380. The van der Waals surface area contributed by atoms with Gasteiger partial charge in [0.1, 0.15) is 0 Å². The van der Waals surface area contributed by atoms with Gasteiger partial charge in [0.15, 0.2) is 0 Å². The zero-order valence-electron chi connectivity index (χ0n) is 5.71. The summed E-state index contributed by atoms with van der Waals surface area (Å²) < 4.78 is 15.8. The standard InChI is InChI=1S/C7H10O3/c1-2-7-8-3-6(4-9-7)5-10-7/h2,6H,1,3-5H2. The minimum atomic E-state index is -0.908. The van der Waals surface area contributed by atoms with E-state index in [0.29, 0.717) is 5.92 Å². The third kappa shape index (κ3) is 0.785. The van der Waals surface area contributed by atoms with Crippen LogP contribution in [-0.2, 0) is 14.2 Å². The van der Waals surface area contributed by atoms with Crippen LogP contribution in [0.15, 0.2) is 12.7 Å². The van der Waals surface area contributed by atoms with Gasteiger partial charge in [-0.1, -0.05) is 6.58 Å². The largest absolute Gasteiger partial charge is 0.324 e. The molecule has 56 valence electrons. The van der Waals surface area contributed by atoms with E-state index in [-0.39, 0.29) is 0 Å². The fourth-order valence-corrected chi connectivity index (χ4v) is 1.15. The number of hydrogen-bond donors (Lipinski definition) is 0. The van der Waals surface area contributed by atoms with Crippen LogP contribution in [-0.4, -0.2) is 25.8 Å². The summed E-state index contributed by atoms with van der Waals surface area (Å²) >= 11 is 0. The van der Waals surface area contributed by atoms with Crippen molar-refractivity contribution in [2.45, 2.75) is 5.97 Å². The monoisotopic (exact) mass is 142 g/mol. The van der Waals surface area contributed by atoms with Gasteiger partial charge in [-0.05, 0) is 6.08 Å². The Kier molecular flexibility index (Phi) is 1.30. The van der Waals surface area contributed by atoms with Gasteiger partial charge in [0, 0.05) is 5.92 Å². The lowest BCUT2D eigenvalue weighted by atomic mass is 10.1. The first kappa shape index (κ1) is 6.34. The Balaban J connectivity index is 2.15. The van der Waals surface area contributed by atoms with Crippen molar-refractivity contribution >= 4 is 0 Å². The molecule has 0 atom stereocenters. The van der Waals surface area contributed by atoms with Crippen LogP contribution in [0, 0.1) is 5.92 Å². The Morgan fingerprint density at radius 3 is 2.00 bits per heavy atom. The second kappa shape index (κ2) is 2.05. The highest BCUT2D eigenvalue weighted by Crippen LogP contribution is 2.30. The summed E-state index contributed by atoms with van der Waals surface area (Å²) in [6, 6.07) is 0. The van der Waals surface area contributed by atoms with Crippen LogP contribution in [0.4, 0.5) is 0 Å². The van der Waals surface area contributed by atoms with E-state index in [9.17, 15) is 0 Å². The summed E-state index contributed by atoms with van der Waals surface area (Å²) in [6.07, 6.45) is 1.56. The lowest BCUT2D eigenvalue weighted by molar-refractivity contribution is -0.422. The molecule has 3 fully saturated rings. The van der Waals surface area contributed by atoms with Crippen LogP contribution in [0.25, 0.3) is 0 Å². The van der Waals surface area contributed by atoms with E-state index in [1.165, 1.54) is 0 Å². The maximum absolute atomic E-state index is 5.25. The van der Waals surface area contributed by atoms with Gasteiger partial charge in [0.05, 0.1) is 19.8 Å². The molecule has 0 N–H and O–H groups in total. The fraction of sp³-hybridized carbons (Fsp3) is 0.714. The summed E-state index contributed by atoms with van der Waals surface area (Å²) in [5.41, 5.74) is 0. The number of fused-ring (bicyclic) bond motifs is 3. The van der Waals surface area contributed by atoms with E-state index < -0.39 is 5.97 Å². The maximum Gasteiger partial charge on any atom is 0.304 e. The summed E-state index contributed by atoms with van der Waals surface area (Å²) in [5.74, 6) is -0.490. The zero-order chi connectivity index (χ0) is 7.03. The number of ether oxygens (including phenoxy) is 3. The molecule has 3 aliphatic heterocycles. The topological polar surface area (TPSA) is 27.7 Å². The van der Waals surface area contributed by atoms with Crippen molar-refractivity contribution in [3.05, 3.63) is 12.7 Å². The van der Waals surface area contributed by atoms with Crippen molar-refractivity contribution in [3.8, 4) is 0 Å². The average Bonchev–Trinajstić information content (AvgIpc) is 2.08. The molecule has 3 heterocycles. The van der Waals surface area contributed by atoms with Crippen molar-refractivity contribution in [1.82, 2.24) is 0 Å². The maximum atomic E-state index is 5.25. The molecule has 3 saturated heterocycles. The summed E-state index contributed by atoms with van der Waals surface area (Å²) in [6.45, 7) is 5.76. The lowest BCUT2D eigenvalue weighted by Gasteiger charge is -2.43. The van der Waals surface area contributed by atoms with Gasteiger partial charge in [-0.25, -0.2) is 0 Å². The van der Waals surface area contributed by atoms with Crippen LogP contribution < -0.4 is 0 Å². The molecule has 0 spiro atoms. The molecule has 0 aromatic rings. The van der Waals surface area contributed by atoms with E-state index in [0.717, 1.165) is 19.8 Å². The molecule has 0 radical (unpaired) electrons. The smallest absolute Gasteiger partial charge is 0.304 e. The molecule has 2 bridgehead atoms. The molecule has 0 aromatic heterocycles. The molecule has 0 aliphatic carbocycles. The first-order chi connectivity index (χ1) is 4.85. The first-order valence-corrected chi connectivity index (χ1v) is 3.40. The molecular weight excluding hydrogens is 132 g/mol. The Labute approximate surface area is 59.6 Å². The lowest BCUT2D eigenvalue weighted by Crippen LogP contribution is -2.52. The second-order valence-corrected chi connectivity index (χ2v) is 2.61. The minimum absolute atomic E-state index is 0.418. The second-order valence-electron chi connectivity index (χ2n) is 2.61. The van der Waals surface area contributed by atoms with Gasteiger partial charge >= 0.3 is 5.97 Å². The zero-order valence-corrected chi connectivity index (χ0v) is 5.71. The average molecular weight is 142 g/mol. The van der Waals surface area contributed by atoms with E-state index in [4.69, 9.17) is 14.2 Å². The predicted molar refractivity (Wildman–Crippen MR) is 34.3 cm³/mol. The van der Waals surface area contributed by atoms with Gasteiger partial charge in [-0.3, -0.25) is 0 Å². The Bertz CT molecular complexity index is 133. The molecule has 0 saturated carbocycles. The van der Waals surface area contributed by atoms with E-state index in [2.05, 4.69) is 6.58 Å². The molecule has 3 nitrogen and oxygen atoms in total. The van der Waals surface area contributed by atoms with Crippen LogP contribution in [0.5, 0.6) is 0 Å². The Morgan fingerprint density at radius 1 is 1.20 bits per heavy atom. The SMILES string of the molecule is C=CC12OCC(CO1)CO2. The molecule has 3 rings (SSSR count). The van der Waals surface area contributed by atoms with Crippen molar-refractivity contribution in [1.29, 1.82) is 0 Å². The molecule has 0 amide bonds. The van der Waals surface area contributed by atoms with Crippen molar-refractivity contribution in [3.63, 3.8) is 0 Å². The fourth-order valence-electron chi connectivity index (χ4n) is 1.15. The summed E-state index contributed by atoms with van der Waals surface area (Å²) in [5, 5.41) is 0. The highest BCUT2D eigenvalue weighted by Gasteiger charge is 2.41. The van der Waals surface area contributed by atoms with Crippen molar-refractivity contribution in [2.24, 2.45) is 5.92 Å². The third-order valence-corrected chi connectivity index (χ3v) is 1.81. The number of hydrogen-bond acceptors (Lipinski definition) is 3. The summed E-state index contributed by atoms with van der Waals surface area (Å²) in [7, 11) is 0. The number of rotatable bonds is 1. The first-order valence-electron chi connectivity index (χ1n) is 3.40. The molecule has 3 aliphatic rings. The molecular formula is C7H10O3. The van der Waals surface area contributed by atoms with Crippen molar-refractivity contribution in [2.75, 3.05) is 19.8 Å². The van der Waals surface area contributed by atoms with Crippen LogP contribution >= 0.6 is 0 Å². The molecule has 0 aromatic carbocycles. The van der Waals surface area contributed by atoms with E-state index >= 15 is 0 Å². The van der Waals surface area contributed by atoms with Gasteiger partial charge in [-0.2, -0.15) is 0 Å². The predicted octanol–water partition coefficient (Wildman–Crippen LogP) is 0.519. The van der Waals surface area contributed by atoms with Gasteiger partial charge < -0.3 is 14.2 Å². The van der Waals surface area contributed by atoms with Crippen molar-refractivity contribution < 1.29 is 14.2 Å². The molecule has 0 unspecified atom stereocenters. The molecule has 3 heteroatoms. The minimum Gasteiger partial charge on any atom is -0.324 e. The van der Waals surface area contributed by atoms with Crippen LogP contribution in [0.3, 0.4) is 0 Å². The molecule has 10 heavy (non-hydrogen) atoms. The van der Waals surface area contributed by atoms with Crippen LogP contribution in [0.2, 0.25) is 0 Å². The van der Waals surface area contributed by atoms with Crippen LogP contribution in [0.1, 0.15) is 0 Å². The highest BCUT2D eigenvalue weighted by molar-refractivity contribution is 4.88. The van der Waals surface area contributed by atoms with Gasteiger partial charge in [-0.15, -0.1) is 0 Å².